The molecule has 0 aliphatic carbocycles. The molecule has 0 heterocycles. The predicted octanol–water partition coefficient (Wildman–Crippen LogP) is 2.83. The van der Waals surface area contributed by atoms with Gasteiger partial charge in [0, 0.05) is 19.0 Å². The van der Waals surface area contributed by atoms with Crippen molar-refractivity contribution >= 4 is 28.7 Å². The summed E-state index contributed by atoms with van der Waals surface area (Å²) in [5, 5.41) is 13.4. The van der Waals surface area contributed by atoms with Crippen molar-refractivity contribution in [2.75, 3.05) is 6.54 Å². The minimum Gasteiger partial charge on any atom is -0.481 e. The molecule has 1 amide bonds. The highest BCUT2D eigenvalue weighted by Crippen LogP contribution is 2.19. The summed E-state index contributed by atoms with van der Waals surface area (Å²) < 4.78 is 0. The fraction of sp³-hybridized carbons (Fsp3) is 0.176. The molecule has 0 saturated heterocycles. The van der Waals surface area contributed by atoms with Gasteiger partial charge in [-0.25, -0.2) is 0 Å². The van der Waals surface area contributed by atoms with Crippen LogP contribution in [0.5, 0.6) is 0 Å². The largest absolute Gasteiger partial charge is 0.481 e. The standard InChI is InChI=1S/C17H17NO3/c19-16(18-12-4-9-17(20)21)11-10-14-7-3-6-13-5-1-2-8-15(13)14/h1-3,5-8,10-11H,4,9,12H2,(H,18,19)(H,20,21)/b11-10+. The third-order valence-corrected chi connectivity index (χ3v) is 3.10. The van der Waals surface area contributed by atoms with Crippen LogP contribution in [-0.4, -0.2) is 23.5 Å². The van der Waals surface area contributed by atoms with Gasteiger partial charge in [-0.1, -0.05) is 42.5 Å². The molecule has 4 nitrogen and oxygen atoms in total. The second kappa shape index (κ2) is 7.24. The molecule has 2 rings (SSSR count). The summed E-state index contributed by atoms with van der Waals surface area (Å²) in [4.78, 5) is 22.0. The summed E-state index contributed by atoms with van der Waals surface area (Å²) >= 11 is 0. The van der Waals surface area contributed by atoms with Gasteiger partial charge < -0.3 is 10.4 Å². The first-order chi connectivity index (χ1) is 10.2. The lowest BCUT2D eigenvalue weighted by atomic mass is 10.0. The summed E-state index contributed by atoms with van der Waals surface area (Å²) in [5.41, 5.74) is 0.980. The molecule has 0 aliphatic heterocycles. The van der Waals surface area contributed by atoms with Gasteiger partial charge in [0.25, 0.3) is 0 Å². The predicted molar refractivity (Wildman–Crippen MR) is 82.9 cm³/mol. The molecule has 108 valence electrons. The quantitative estimate of drug-likeness (QED) is 0.633. The van der Waals surface area contributed by atoms with Crippen molar-refractivity contribution < 1.29 is 14.7 Å². The van der Waals surface area contributed by atoms with Crippen LogP contribution in [0.3, 0.4) is 0 Å². The maximum Gasteiger partial charge on any atom is 0.303 e. The monoisotopic (exact) mass is 283 g/mol. The maximum atomic E-state index is 11.7. The lowest BCUT2D eigenvalue weighted by molar-refractivity contribution is -0.137. The Morgan fingerprint density at radius 2 is 1.86 bits per heavy atom. The number of aliphatic carboxylic acids is 1. The molecule has 0 unspecified atom stereocenters. The highest BCUT2D eigenvalue weighted by atomic mass is 16.4. The number of benzene rings is 2. The van der Waals surface area contributed by atoms with E-state index in [0.29, 0.717) is 13.0 Å². The maximum absolute atomic E-state index is 11.7. The molecule has 0 aliphatic rings. The summed E-state index contributed by atoms with van der Waals surface area (Å²) in [6, 6.07) is 13.9. The average molecular weight is 283 g/mol. The Hall–Kier alpha value is -2.62. The average Bonchev–Trinajstić information content (AvgIpc) is 2.49. The lowest BCUT2D eigenvalue weighted by Crippen LogP contribution is -2.22. The van der Waals surface area contributed by atoms with Gasteiger partial charge in [0.15, 0.2) is 0 Å². The summed E-state index contributed by atoms with van der Waals surface area (Å²) in [6.07, 6.45) is 3.74. The molecule has 0 bridgehead atoms. The topological polar surface area (TPSA) is 66.4 Å². The van der Waals surface area contributed by atoms with E-state index >= 15 is 0 Å². The van der Waals surface area contributed by atoms with Crippen molar-refractivity contribution in [1.82, 2.24) is 5.32 Å². The van der Waals surface area contributed by atoms with E-state index in [1.54, 1.807) is 6.08 Å². The van der Waals surface area contributed by atoms with Crippen LogP contribution in [0, 0.1) is 0 Å². The minimum atomic E-state index is -0.851. The number of carboxylic acids is 1. The number of carbonyl (C=O) groups excluding carboxylic acids is 1. The zero-order valence-electron chi connectivity index (χ0n) is 11.6. The third kappa shape index (κ3) is 4.45. The van der Waals surface area contributed by atoms with Crippen LogP contribution in [0.1, 0.15) is 18.4 Å². The van der Waals surface area contributed by atoms with E-state index < -0.39 is 5.97 Å². The number of carbonyl (C=O) groups is 2. The molecule has 2 N–H and O–H groups in total. The Morgan fingerprint density at radius 3 is 2.67 bits per heavy atom. The second-order valence-corrected chi connectivity index (χ2v) is 4.69. The molecule has 0 saturated carbocycles. The van der Waals surface area contributed by atoms with Crippen molar-refractivity contribution in [3.8, 4) is 0 Å². The van der Waals surface area contributed by atoms with Crippen molar-refractivity contribution in [3.63, 3.8) is 0 Å². The summed E-state index contributed by atoms with van der Waals surface area (Å²) in [7, 11) is 0. The van der Waals surface area contributed by atoms with Gasteiger partial charge in [-0.15, -0.1) is 0 Å². The molecule has 2 aromatic rings. The molecule has 4 heteroatoms. The summed E-state index contributed by atoms with van der Waals surface area (Å²) in [6.45, 7) is 0.366. The third-order valence-electron chi connectivity index (χ3n) is 3.10. The molecular weight excluding hydrogens is 266 g/mol. The second-order valence-electron chi connectivity index (χ2n) is 4.69. The van der Waals surface area contributed by atoms with Gasteiger partial charge in [-0.2, -0.15) is 0 Å². The number of nitrogens with one attached hydrogen (secondary N) is 1. The number of amides is 1. The van der Waals surface area contributed by atoms with Crippen LogP contribution in [0.25, 0.3) is 16.8 Å². The van der Waals surface area contributed by atoms with Gasteiger partial charge in [-0.3, -0.25) is 9.59 Å². The van der Waals surface area contributed by atoms with Crippen LogP contribution in [0.4, 0.5) is 0 Å². The van der Waals surface area contributed by atoms with E-state index in [-0.39, 0.29) is 12.3 Å². The van der Waals surface area contributed by atoms with Gasteiger partial charge >= 0.3 is 5.97 Å². The van der Waals surface area contributed by atoms with Gasteiger partial charge in [0.05, 0.1) is 0 Å². The first-order valence-electron chi connectivity index (χ1n) is 6.82. The first kappa shape index (κ1) is 14.8. The number of fused-ring (bicyclic) bond motifs is 1. The molecule has 0 radical (unpaired) electrons. The lowest BCUT2D eigenvalue weighted by Gasteiger charge is -2.02. The van der Waals surface area contributed by atoms with Gasteiger partial charge in [-0.05, 0) is 28.8 Å². The number of carboxylic acid groups (broad SMARTS) is 1. The molecular formula is C17H17NO3. The molecule has 21 heavy (non-hydrogen) atoms. The van der Waals surface area contributed by atoms with E-state index in [9.17, 15) is 9.59 Å². The Kier molecular flexibility index (Phi) is 5.10. The smallest absolute Gasteiger partial charge is 0.303 e. The van der Waals surface area contributed by atoms with Crippen LogP contribution in [0.15, 0.2) is 48.5 Å². The minimum absolute atomic E-state index is 0.0628. The van der Waals surface area contributed by atoms with Crippen LogP contribution >= 0.6 is 0 Å². The molecule has 2 aromatic carbocycles. The van der Waals surface area contributed by atoms with E-state index in [2.05, 4.69) is 5.32 Å². The number of hydrogen-bond donors (Lipinski definition) is 2. The fourth-order valence-corrected chi connectivity index (χ4v) is 2.07. The Morgan fingerprint density at radius 1 is 1.10 bits per heavy atom. The van der Waals surface area contributed by atoms with Crippen molar-refractivity contribution in [1.29, 1.82) is 0 Å². The zero-order valence-corrected chi connectivity index (χ0v) is 11.6. The van der Waals surface area contributed by atoms with E-state index in [4.69, 9.17) is 5.11 Å². The van der Waals surface area contributed by atoms with Crippen LogP contribution in [0.2, 0.25) is 0 Å². The van der Waals surface area contributed by atoms with E-state index in [1.807, 2.05) is 42.5 Å². The Labute approximate surface area is 123 Å². The van der Waals surface area contributed by atoms with Crippen molar-refractivity contribution in [2.45, 2.75) is 12.8 Å². The fourth-order valence-electron chi connectivity index (χ4n) is 2.07. The van der Waals surface area contributed by atoms with E-state index in [0.717, 1.165) is 16.3 Å². The highest BCUT2D eigenvalue weighted by Gasteiger charge is 2.00. The Balaban J connectivity index is 1.96. The molecule has 0 fully saturated rings. The highest BCUT2D eigenvalue weighted by molar-refractivity contribution is 5.96. The van der Waals surface area contributed by atoms with Crippen molar-refractivity contribution in [2.24, 2.45) is 0 Å². The number of rotatable bonds is 6. The van der Waals surface area contributed by atoms with Crippen molar-refractivity contribution in [3.05, 3.63) is 54.1 Å². The number of hydrogen-bond acceptors (Lipinski definition) is 2. The SMILES string of the molecule is O=C(O)CCCNC(=O)/C=C/c1cccc2ccccc12. The van der Waals surface area contributed by atoms with Crippen LogP contribution < -0.4 is 5.32 Å². The van der Waals surface area contributed by atoms with E-state index in [1.165, 1.54) is 6.08 Å². The molecule has 0 spiro atoms. The van der Waals surface area contributed by atoms with Gasteiger partial charge in [0.2, 0.25) is 5.91 Å². The van der Waals surface area contributed by atoms with Gasteiger partial charge in [0.1, 0.15) is 0 Å². The molecule has 0 aromatic heterocycles. The normalized spacial score (nSPS) is 10.9. The summed E-state index contributed by atoms with van der Waals surface area (Å²) in [5.74, 6) is -1.07. The molecule has 0 atom stereocenters. The first-order valence-corrected chi connectivity index (χ1v) is 6.82. The zero-order chi connectivity index (χ0) is 15.1. The Bertz CT molecular complexity index is 671. The van der Waals surface area contributed by atoms with Crippen LogP contribution in [-0.2, 0) is 9.59 Å².